The van der Waals surface area contributed by atoms with Crippen molar-refractivity contribution in [3.8, 4) is 0 Å². The first-order chi connectivity index (χ1) is 9.09. The standard InChI is InChI=1S/C13H19N3O3/c1-15(10-5-2-3-6-11(10)17)12(18)9-16-8-4-7-14-13(16)19/h4,7-8,10-11,17H,2-3,5-6,9H2,1H3. The molecule has 0 aliphatic heterocycles. The maximum atomic E-state index is 12.1. The fourth-order valence-electron chi connectivity index (χ4n) is 2.49. The summed E-state index contributed by atoms with van der Waals surface area (Å²) in [7, 11) is 1.68. The summed E-state index contributed by atoms with van der Waals surface area (Å²) in [6.45, 7) is -0.0353. The molecule has 6 heteroatoms. The number of likely N-dealkylation sites (N-methyl/N-ethyl adjacent to an activating group) is 1. The van der Waals surface area contributed by atoms with Crippen LogP contribution in [0.2, 0.25) is 0 Å². The Bertz CT molecular complexity index is 500. The number of aliphatic hydroxyl groups is 1. The third-order valence-corrected chi connectivity index (χ3v) is 3.67. The van der Waals surface area contributed by atoms with Gasteiger partial charge in [-0.25, -0.2) is 9.78 Å². The molecule has 1 aromatic rings. The molecule has 0 spiro atoms. The molecule has 2 atom stereocenters. The molecule has 0 radical (unpaired) electrons. The summed E-state index contributed by atoms with van der Waals surface area (Å²) in [5.74, 6) is -0.180. The highest BCUT2D eigenvalue weighted by molar-refractivity contribution is 5.76. The van der Waals surface area contributed by atoms with Gasteiger partial charge in [-0.3, -0.25) is 9.36 Å². The van der Waals surface area contributed by atoms with Crippen LogP contribution in [0.3, 0.4) is 0 Å². The van der Waals surface area contributed by atoms with Crippen LogP contribution in [-0.2, 0) is 11.3 Å². The van der Waals surface area contributed by atoms with Gasteiger partial charge in [0.2, 0.25) is 5.91 Å². The van der Waals surface area contributed by atoms with Gasteiger partial charge in [-0.05, 0) is 18.9 Å². The lowest BCUT2D eigenvalue weighted by atomic mass is 9.91. The minimum Gasteiger partial charge on any atom is -0.391 e. The van der Waals surface area contributed by atoms with Crippen LogP contribution < -0.4 is 5.69 Å². The van der Waals surface area contributed by atoms with Crippen LogP contribution in [0.15, 0.2) is 23.3 Å². The van der Waals surface area contributed by atoms with Crippen LogP contribution in [0.4, 0.5) is 0 Å². The minimum atomic E-state index is -0.465. The predicted octanol–water partition coefficient (Wildman–Crippen LogP) is 0.00520. The Hall–Kier alpha value is -1.69. The summed E-state index contributed by atoms with van der Waals surface area (Å²) in [4.78, 5) is 28.8. The van der Waals surface area contributed by atoms with Crippen molar-refractivity contribution in [1.29, 1.82) is 0 Å². The average molecular weight is 265 g/mol. The molecular formula is C13H19N3O3. The number of nitrogens with zero attached hydrogens (tertiary/aromatic N) is 3. The quantitative estimate of drug-likeness (QED) is 0.835. The largest absolute Gasteiger partial charge is 0.391 e. The Balaban J connectivity index is 2.03. The van der Waals surface area contributed by atoms with Crippen molar-refractivity contribution in [1.82, 2.24) is 14.5 Å². The Labute approximate surface area is 111 Å². The highest BCUT2D eigenvalue weighted by Crippen LogP contribution is 2.22. The van der Waals surface area contributed by atoms with Crippen LogP contribution >= 0.6 is 0 Å². The number of hydrogen-bond acceptors (Lipinski definition) is 4. The summed E-state index contributed by atoms with van der Waals surface area (Å²) in [6.07, 6.45) is 6.04. The summed E-state index contributed by atoms with van der Waals surface area (Å²) in [5, 5.41) is 9.93. The van der Waals surface area contributed by atoms with Gasteiger partial charge in [0.1, 0.15) is 6.54 Å². The fourth-order valence-corrected chi connectivity index (χ4v) is 2.49. The molecule has 6 nitrogen and oxygen atoms in total. The second kappa shape index (κ2) is 5.97. The first-order valence-electron chi connectivity index (χ1n) is 6.55. The molecule has 2 rings (SSSR count). The maximum absolute atomic E-state index is 12.1. The van der Waals surface area contributed by atoms with E-state index in [4.69, 9.17) is 0 Å². The first-order valence-corrected chi connectivity index (χ1v) is 6.55. The molecule has 1 aliphatic rings. The van der Waals surface area contributed by atoms with Gasteiger partial charge in [0.15, 0.2) is 0 Å². The van der Waals surface area contributed by atoms with E-state index in [2.05, 4.69) is 4.98 Å². The van der Waals surface area contributed by atoms with E-state index in [0.717, 1.165) is 25.7 Å². The van der Waals surface area contributed by atoms with E-state index in [1.54, 1.807) is 24.2 Å². The van der Waals surface area contributed by atoms with Gasteiger partial charge in [-0.2, -0.15) is 0 Å². The number of carbonyl (C=O) groups is 1. The molecule has 1 aromatic heterocycles. The molecule has 0 aromatic carbocycles. The Kier molecular flexibility index (Phi) is 4.31. The lowest BCUT2D eigenvalue weighted by molar-refractivity contribution is -0.136. The van der Waals surface area contributed by atoms with Crippen LogP contribution in [0.5, 0.6) is 0 Å². The van der Waals surface area contributed by atoms with Crippen molar-refractivity contribution < 1.29 is 9.90 Å². The first kappa shape index (κ1) is 13.7. The fraction of sp³-hybridized carbons (Fsp3) is 0.615. The molecule has 0 bridgehead atoms. The molecule has 19 heavy (non-hydrogen) atoms. The molecule has 1 fully saturated rings. The monoisotopic (exact) mass is 265 g/mol. The Morgan fingerprint density at radius 2 is 2.26 bits per heavy atom. The van der Waals surface area contributed by atoms with E-state index in [0.29, 0.717) is 0 Å². The van der Waals surface area contributed by atoms with Crippen molar-refractivity contribution in [2.75, 3.05) is 7.05 Å². The summed E-state index contributed by atoms with van der Waals surface area (Å²) >= 11 is 0. The van der Waals surface area contributed by atoms with Crippen molar-refractivity contribution in [3.05, 3.63) is 28.9 Å². The van der Waals surface area contributed by atoms with Crippen molar-refractivity contribution in [3.63, 3.8) is 0 Å². The van der Waals surface area contributed by atoms with Gasteiger partial charge in [0.25, 0.3) is 0 Å². The lowest BCUT2D eigenvalue weighted by Crippen LogP contribution is -2.48. The number of aromatic nitrogens is 2. The van der Waals surface area contributed by atoms with Crippen LogP contribution in [-0.4, -0.2) is 44.7 Å². The molecule has 1 amide bonds. The highest BCUT2D eigenvalue weighted by atomic mass is 16.3. The molecule has 104 valence electrons. The lowest BCUT2D eigenvalue weighted by Gasteiger charge is -2.35. The smallest absolute Gasteiger partial charge is 0.347 e. The highest BCUT2D eigenvalue weighted by Gasteiger charge is 2.29. The zero-order valence-electron chi connectivity index (χ0n) is 11.0. The van der Waals surface area contributed by atoms with Crippen molar-refractivity contribution in [2.24, 2.45) is 0 Å². The number of rotatable bonds is 3. The van der Waals surface area contributed by atoms with Crippen molar-refractivity contribution in [2.45, 2.75) is 44.4 Å². The van der Waals surface area contributed by atoms with E-state index >= 15 is 0 Å². The minimum absolute atomic E-state index is 0.0353. The SMILES string of the molecule is CN(C(=O)Cn1cccnc1=O)C1CCCCC1O. The van der Waals surface area contributed by atoms with Crippen LogP contribution in [0.1, 0.15) is 25.7 Å². The van der Waals surface area contributed by atoms with Gasteiger partial charge in [0.05, 0.1) is 12.1 Å². The van der Waals surface area contributed by atoms with E-state index in [1.807, 2.05) is 0 Å². The van der Waals surface area contributed by atoms with E-state index in [9.17, 15) is 14.7 Å². The molecule has 2 unspecified atom stereocenters. The van der Waals surface area contributed by atoms with E-state index < -0.39 is 11.8 Å². The second-order valence-electron chi connectivity index (χ2n) is 4.95. The summed E-state index contributed by atoms with van der Waals surface area (Å²) in [6, 6.07) is 1.47. The van der Waals surface area contributed by atoms with Crippen LogP contribution in [0, 0.1) is 0 Å². The summed E-state index contributed by atoms with van der Waals surface area (Å²) in [5.41, 5.74) is -0.437. The van der Waals surface area contributed by atoms with Crippen LogP contribution in [0.25, 0.3) is 0 Å². The van der Waals surface area contributed by atoms with Gasteiger partial charge in [0, 0.05) is 19.4 Å². The van der Waals surface area contributed by atoms with Gasteiger partial charge < -0.3 is 10.0 Å². The molecule has 0 saturated heterocycles. The van der Waals surface area contributed by atoms with E-state index in [1.165, 1.54) is 10.8 Å². The third kappa shape index (κ3) is 3.20. The zero-order chi connectivity index (χ0) is 13.8. The number of hydrogen-bond donors (Lipinski definition) is 1. The van der Waals surface area contributed by atoms with E-state index in [-0.39, 0.29) is 18.5 Å². The summed E-state index contributed by atoms with van der Waals surface area (Å²) < 4.78 is 1.27. The Morgan fingerprint density at radius 3 is 2.95 bits per heavy atom. The zero-order valence-corrected chi connectivity index (χ0v) is 11.0. The second-order valence-corrected chi connectivity index (χ2v) is 4.95. The number of amides is 1. The molecule has 1 aliphatic carbocycles. The molecule has 1 heterocycles. The predicted molar refractivity (Wildman–Crippen MR) is 69.5 cm³/mol. The molecule has 1 N–H and O–H groups in total. The third-order valence-electron chi connectivity index (χ3n) is 3.67. The average Bonchev–Trinajstić information content (AvgIpc) is 2.41. The van der Waals surface area contributed by atoms with Gasteiger partial charge in [-0.15, -0.1) is 0 Å². The number of carbonyl (C=O) groups excluding carboxylic acids is 1. The topological polar surface area (TPSA) is 75.4 Å². The van der Waals surface area contributed by atoms with Crippen molar-refractivity contribution >= 4 is 5.91 Å². The van der Waals surface area contributed by atoms with Gasteiger partial charge in [-0.1, -0.05) is 12.8 Å². The molecular weight excluding hydrogens is 246 g/mol. The molecule has 1 saturated carbocycles. The normalized spacial score (nSPS) is 23.1. The maximum Gasteiger partial charge on any atom is 0.347 e. The number of aliphatic hydroxyl groups excluding tert-OH is 1. The van der Waals surface area contributed by atoms with Gasteiger partial charge >= 0.3 is 5.69 Å². The Morgan fingerprint density at radius 1 is 1.53 bits per heavy atom.